The van der Waals surface area contributed by atoms with Crippen LogP contribution in [0.3, 0.4) is 0 Å². The van der Waals surface area contributed by atoms with Crippen molar-refractivity contribution in [3.8, 4) is 0 Å². The third-order valence-corrected chi connectivity index (χ3v) is 4.40. The molecular formula is C16H24N4O2S. The van der Waals surface area contributed by atoms with Crippen molar-refractivity contribution in [3.05, 3.63) is 52.8 Å². The Morgan fingerprint density at radius 3 is 2.48 bits per heavy atom. The molecule has 1 aromatic heterocycles. The van der Waals surface area contributed by atoms with Crippen molar-refractivity contribution in [2.75, 3.05) is 19.3 Å². The van der Waals surface area contributed by atoms with Crippen LogP contribution >= 0.6 is 0 Å². The van der Waals surface area contributed by atoms with Gasteiger partial charge in [0.1, 0.15) is 0 Å². The minimum atomic E-state index is -3.12. The van der Waals surface area contributed by atoms with Gasteiger partial charge in [0.15, 0.2) is 0 Å². The third-order valence-electron chi connectivity index (χ3n) is 3.67. The van der Waals surface area contributed by atoms with E-state index in [-0.39, 0.29) is 0 Å². The first-order valence-electron chi connectivity index (χ1n) is 7.59. The molecule has 0 radical (unpaired) electrons. The maximum Gasteiger partial charge on any atom is 0.208 e. The number of nitrogens with one attached hydrogen (secondary N) is 2. The molecule has 0 bridgehead atoms. The van der Waals surface area contributed by atoms with Gasteiger partial charge < -0.3 is 5.32 Å². The van der Waals surface area contributed by atoms with Crippen molar-refractivity contribution in [1.29, 1.82) is 0 Å². The number of nitrogens with zero attached hydrogens (tertiary/aromatic N) is 2. The Labute approximate surface area is 138 Å². The van der Waals surface area contributed by atoms with Crippen LogP contribution in [0.25, 0.3) is 0 Å². The molecule has 6 nitrogen and oxygen atoms in total. The number of benzene rings is 1. The molecule has 0 atom stereocenters. The molecule has 0 spiro atoms. The van der Waals surface area contributed by atoms with Gasteiger partial charge in [-0.05, 0) is 19.4 Å². The van der Waals surface area contributed by atoms with Crippen LogP contribution in [0.4, 0.5) is 0 Å². The van der Waals surface area contributed by atoms with Crippen LogP contribution in [0.5, 0.6) is 0 Å². The summed E-state index contributed by atoms with van der Waals surface area (Å²) in [7, 11) is -3.12. The van der Waals surface area contributed by atoms with E-state index in [4.69, 9.17) is 0 Å². The molecule has 23 heavy (non-hydrogen) atoms. The van der Waals surface area contributed by atoms with Crippen LogP contribution in [-0.2, 0) is 23.1 Å². The number of aromatic nitrogens is 2. The predicted octanol–water partition coefficient (Wildman–Crippen LogP) is 1.19. The first kappa shape index (κ1) is 17.7. The van der Waals surface area contributed by atoms with Gasteiger partial charge in [0.2, 0.25) is 10.0 Å². The molecule has 0 saturated heterocycles. The van der Waals surface area contributed by atoms with Gasteiger partial charge in [0.05, 0.1) is 18.5 Å². The second-order valence-electron chi connectivity index (χ2n) is 5.64. The molecule has 1 aromatic carbocycles. The minimum absolute atomic E-state index is 0.384. The Balaban J connectivity index is 1.93. The Kier molecular flexibility index (Phi) is 5.92. The number of hydrogen-bond donors (Lipinski definition) is 2. The molecule has 126 valence electrons. The van der Waals surface area contributed by atoms with E-state index in [1.54, 1.807) is 0 Å². The molecule has 2 N–H and O–H groups in total. The molecule has 2 rings (SSSR count). The fourth-order valence-electron chi connectivity index (χ4n) is 2.44. The monoisotopic (exact) mass is 336 g/mol. The quantitative estimate of drug-likeness (QED) is 0.710. The van der Waals surface area contributed by atoms with E-state index in [1.165, 1.54) is 11.1 Å². The zero-order chi connectivity index (χ0) is 16.9. The summed E-state index contributed by atoms with van der Waals surface area (Å²) in [5, 5.41) is 7.86. The lowest BCUT2D eigenvalue weighted by atomic mass is 10.2. The summed E-state index contributed by atoms with van der Waals surface area (Å²) in [5.74, 6) is 0. The highest BCUT2D eigenvalue weighted by Crippen LogP contribution is 2.14. The SMILES string of the molecule is Cc1nn(Cc2ccccc2)c(C)c1CNCCNS(C)(=O)=O. The zero-order valence-electron chi connectivity index (χ0n) is 13.8. The molecule has 0 unspecified atom stereocenters. The van der Waals surface area contributed by atoms with E-state index in [2.05, 4.69) is 34.2 Å². The van der Waals surface area contributed by atoms with Crippen molar-refractivity contribution >= 4 is 10.0 Å². The van der Waals surface area contributed by atoms with Crippen LogP contribution < -0.4 is 10.0 Å². The lowest BCUT2D eigenvalue weighted by Crippen LogP contribution is -2.31. The van der Waals surface area contributed by atoms with Crippen LogP contribution in [0.2, 0.25) is 0 Å². The Morgan fingerprint density at radius 1 is 1.13 bits per heavy atom. The molecule has 0 saturated carbocycles. The first-order chi connectivity index (χ1) is 10.9. The standard InChI is InChI=1S/C16H24N4O2S/c1-13-16(11-17-9-10-18-23(3,21)22)14(2)20(19-13)12-15-7-5-4-6-8-15/h4-8,17-18H,9-12H2,1-3H3. The summed E-state index contributed by atoms with van der Waals surface area (Å²) in [5.41, 5.74) is 4.52. The smallest absolute Gasteiger partial charge is 0.208 e. The van der Waals surface area contributed by atoms with Crippen LogP contribution in [0.15, 0.2) is 30.3 Å². The normalized spacial score (nSPS) is 11.8. The molecule has 0 aliphatic heterocycles. The van der Waals surface area contributed by atoms with E-state index in [0.29, 0.717) is 19.6 Å². The van der Waals surface area contributed by atoms with E-state index in [1.807, 2.05) is 29.8 Å². The van der Waals surface area contributed by atoms with E-state index in [0.717, 1.165) is 24.2 Å². The number of sulfonamides is 1. The van der Waals surface area contributed by atoms with Gasteiger partial charge in [-0.15, -0.1) is 0 Å². The largest absolute Gasteiger partial charge is 0.311 e. The summed E-state index contributed by atoms with van der Waals surface area (Å²) >= 11 is 0. The fourth-order valence-corrected chi connectivity index (χ4v) is 2.91. The highest BCUT2D eigenvalue weighted by molar-refractivity contribution is 7.88. The fraction of sp³-hybridized carbons (Fsp3) is 0.438. The summed E-state index contributed by atoms with van der Waals surface area (Å²) < 4.78 is 26.5. The first-order valence-corrected chi connectivity index (χ1v) is 9.48. The van der Waals surface area contributed by atoms with E-state index in [9.17, 15) is 8.42 Å². The molecule has 0 aliphatic carbocycles. The Morgan fingerprint density at radius 2 is 1.83 bits per heavy atom. The Hall–Kier alpha value is -1.70. The molecular weight excluding hydrogens is 312 g/mol. The van der Waals surface area contributed by atoms with E-state index >= 15 is 0 Å². The van der Waals surface area contributed by atoms with Gasteiger partial charge >= 0.3 is 0 Å². The number of hydrogen-bond acceptors (Lipinski definition) is 4. The zero-order valence-corrected chi connectivity index (χ0v) is 14.7. The van der Waals surface area contributed by atoms with E-state index < -0.39 is 10.0 Å². The highest BCUT2D eigenvalue weighted by Gasteiger charge is 2.11. The topological polar surface area (TPSA) is 76.0 Å². The van der Waals surface area contributed by atoms with Gasteiger partial charge in [0.25, 0.3) is 0 Å². The summed E-state index contributed by atoms with van der Waals surface area (Å²) in [6.45, 7) is 6.46. The third kappa shape index (κ3) is 5.46. The van der Waals surface area contributed by atoms with Gasteiger partial charge in [-0.2, -0.15) is 5.10 Å². The predicted molar refractivity (Wildman–Crippen MR) is 91.8 cm³/mol. The molecule has 2 aromatic rings. The van der Waals surface area contributed by atoms with Crippen molar-refractivity contribution < 1.29 is 8.42 Å². The van der Waals surface area contributed by atoms with Crippen LogP contribution in [0.1, 0.15) is 22.5 Å². The number of rotatable bonds is 8. The van der Waals surface area contributed by atoms with Gasteiger partial charge in [-0.1, -0.05) is 30.3 Å². The molecule has 0 fully saturated rings. The average molecular weight is 336 g/mol. The van der Waals surface area contributed by atoms with Crippen LogP contribution in [-0.4, -0.2) is 37.5 Å². The highest BCUT2D eigenvalue weighted by atomic mass is 32.2. The van der Waals surface area contributed by atoms with Crippen molar-refractivity contribution in [3.63, 3.8) is 0 Å². The van der Waals surface area contributed by atoms with Crippen LogP contribution in [0, 0.1) is 13.8 Å². The number of aryl methyl sites for hydroxylation is 1. The lowest BCUT2D eigenvalue weighted by molar-refractivity contribution is 0.581. The minimum Gasteiger partial charge on any atom is -0.311 e. The molecule has 1 heterocycles. The maximum absolute atomic E-state index is 11.0. The Bertz CT molecular complexity index is 739. The van der Waals surface area contributed by atoms with Crippen molar-refractivity contribution in [2.24, 2.45) is 0 Å². The summed E-state index contributed by atoms with van der Waals surface area (Å²) in [4.78, 5) is 0. The molecule has 0 amide bonds. The maximum atomic E-state index is 11.0. The average Bonchev–Trinajstić information content (AvgIpc) is 2.74. The van der Waals surface area contributed by atoms with Gasteiger partial charge in [0, 0.05) is 30.9 Å². The summed E-state index contributed by atoms with van der Waals surface area (Å²) in [6, 6.07) is 10.2. The summed E-state index contributed by atoms with van der Waals surface area (Å²) in [6.07, 6.45) is 1.16. The van der Waals surface area contributed by atoms with Crippen molar-refractivity contribution in [1.82, 2.24) is 19.8 Å². The van der Waals surface area contributed by atoms with Gasteiger partial charge in [-0.3, -0.25) is 4.68 Å². The lowest BCUT2D eigenvalue weighted by Gasteiger charge is -2.07. The van der Waals surface area contributed by atoms with Crippen molar-refractivity contribution in [2.45, 2.75) is 26.9 Å². The second-order valence-corrected chi connectivity index (χ2v) is 7.47. The van der Waals surface area contributed by atoms with Gasteiger partial charge in [-0.25, -0.2) is 13.1 Å². The second kappa shape index (κ2) is 7.72. The molecule has 7 heteroatoms. The molecule has 0 aliphatic rings.